The maximum atomic E-state index is 5.26. The van der Waals surface area contributed by atoms with Gasteiger partial charge in [-0.3, -0.25) is 0 Å². The highest BCUT2D eigenvalue weighted by atomic mass is 32.1. The standard InChI is InChI=1S/C51H32N4S2/c1-3-14-31(15-4-1)49-52-50(32-16-5-2-6-17-32)54-51(53-49)40-24-12-23-39-38-22-11-21-37(47(38)57-48(39)40)36-20-13-27-45-46(36)41-30-33(28-29-44(41)56-45)55-42-25-9-7-18-34(42)35-19-8-10-26-43(35)55/h1-30,49H,(H,52,53,54). The van der Waals surface area contributed by atoms with Gasteiger partial charge in [-0.1, -0.05) is 140 Å². The van der Waals surface area contributed by atoms with Crippen LogP contribution in [-0.4, -0.2) is 16.2 Å². The highest BCUT2D eigenvalue weighted by Crippen LogP contribution is 2.47. The first kappa shape index (κ1) is 32.4. The van der Waals surface area contributed by atoms with Crippen molar-refractivity contribution >= 4 is 96.5 Å². The van der Waals surface area contributed by atoms with Crippen LogP contribution in [0.4, 0.5) is 0 Å². The molecular weight excluding hydrogens is 733 g/mol. The molecule has 1 atom stereocenters. The number of thiophene rings is 2. The lowest BCUT2D eigenvalue weighted by molar-refractivity contribution is 0.674. The number of aliphatic imine (C=N–C) groups is 2. The molecule has 8 aromatic carbocycles. The van der Waals surface area contributed by atoms with E-state index in [1.54, 1.807) is 0 Å². The van der Waals surface area contributed by atoms with Crippen LogP contribution in [-0.2, 0) is 0 Å². The fourth-order valence-electron chi connectivity index (χ4n) is 8.71. The summed E-state index contributed by atoms with van der Waals surface area (Å²) in [5, 5.41) is 11.2. The summed E-state index contributed by atoms with van der Waals surface area (Å²) in [6, 6.07) is 65.4. The van der Waals surface area contributed by atoms with E-state index in [1.165, 1.54) is 79.0 Å². The first-order chi connectivity index (χ1) is 28.3. The van der Waals surface area contributed by atoms with Crippen LogP contribution in [0.5, 0.6) is 0 Å². The molecule has 0 saturated heterocycles. The summed E-state index contributed by atoms with van der Waals surface area (Å²) in [4.78, 5) is 10.5. The summed E-state index contributed by atoms with van der Waals surface area (Å²) < 4.78 is 7.46. The summed E-state index contributed by atoms with van der Waals surface area (Å²) in [6.45, 7) is 0. The van der Waals surface area contributed by atoms with E-state index in [2.05, 4.69) is 180 Å². The Morgan fingerprint density at radius 3 is 1.84 bits per heavy atom. The molecule has 0 aliphatic carbocycles. The number of amidine groups is 2. The lowest BCUT2D eigenvalue weighted by Crippen LogP contribution is -2.33. The third-order valence-corrected chi connectivity index (χ3v) is 13.7. The van der Waals surface area contributed by atoms with Crippen molar-refractivity contribution in [3.63, 3.8) is 0 Å². The zero-order chi connectivity index (χ0) is 37.5. The molecule has 0 amide bonds. The predicted molar refractivity (Wildman–Crippen MR) is 244 cm³/mol. The van der Waals surface area contributed by atoms with Crippen molar-refractivity contribution in [2.24, 2.45) is 9.98 Å². The van der Waals surface area contributed by atoms with Crippen LogP contribution in [0, 0.1) is 0 Å². The summed E-state index contributed by atoms with van der Waals surface area (Å²) >= 11 is 3.72. The van der Waals surface area contributed by atoms with Crippen LogP contribution in [0.15, 0.2) is 192 Å². The Hall–Kier alpha value is -6.86. The monoisotopic (exact) mass is 764 g/mol. The van der Waals surface area contributed by atoms with Gasteiger partial charge in [0, 0.05) is 73.5 Å². The second-order valence-electron chi connectivity index (χ2n) is 14.5. The van der Waals surface area contributed by atoms with E-state index in [0.717, 1.165) is 28.4 Å². The minimum atomic E-state index is -0.258. The molecule has 0 fully saturated rings. The fourth-order valence-corrected chi connectivity index (χ4v) is 11.2. The lowest BCUT2D eigenvalue weighted by atomic mass is 9.97. The number of para-hydroxylation sites is 2. The second-order valence-corrected chi connectivity index (χ2v) is 16.6. The van der Waals surface area contributed by atoms with Gasteiger partial charge < -0.3 is 9.88 Å². The lowest BCUT2D eigenvalue weighted by Gasteiger charge is -2.23. The molecule has 11 aromatic rings. The molecule has 0 spiro atoms. The van der Waals surface area contributed by atoms with Crippen LogP contribution >= 0.6 is 22.7 Å². The smallest absolute Gasteiger partial charge is 0.160 e. The van der Waals surface area contributed by atoms with Gasteiger partial charge in [0.2, 0.25) is 0 Å². The Balaban J connectivity index is 1.05. The zero-order valence-corrected chi connectivity index (χ0v) is 32.2. The van der Waals surface area contributed by atoms with Crippen LogP contribution in [0.2, 0.25) is 0 Å². The third-order valence-electron chi connectivity index (χ3n) is 11.3. The first-order valence-electron chi connectivity index (χ1n) is 19.2. The van der Waals surface area contributed by atoms with Crippen molar-refractivity contribution in [2.75, 3.05) is 0 Å². The number of aromatic nitrogens is 1. The average Bonchev–Trinajstić information content (AvgIpc) is 3.96. The van der Waals surface area contributed by atoms with Gasteiger partial charge in [-0.15, -0.1) is 22.7 Å². The first-order valence-corrected chi connectivity index (χ1v) is 20.8. The van der Waals surface area contributed by atoms with Gasteiger partial charge in [0.05, 0.1) is 11.0 Å². The van der Waals surface area contributed by atoms with E-state index in [4.69, 9.17) is 9.98 Å². The summed E-state index contributed by atoms with van der Waals surface area (Å²) in [6.07, 6.45) is -0.258. The summed E-state index contributed by atoms with van der Waals surface area (Å²) in [5.41, 5.74) is 9.29. The Kier molecular flexibility index (Phi) is 7.30. The molecule has 6 heteroatoms. The SMILES string of the molecule is c1ccc(C2=NC(c3cccc4c3sc3c(-c5cccc6sc7ccc(-n8c9ccccc9c9ccccc98)cc7c56)cccc34)=NC(c3ccccc3)N2)cc1. The molecule has 0 bridgehead atoms. The molecule has 12 rings (SSSR count). The van der Waals surface area contributed by atoms with Gasteiger partial charge in [-0.2, -0.15) is 0 Å². The molecule has 57 heavy (non-hydrogen) atoms. The summed E-state index contributed by atoms with van der Waals surface area (Å²) in [5.74, 6) is 1.56. The number of benzene rings is 8. The highest BCUT2D eigenvalue weighted by Gasteiger charge is 2.24. The van der Waals surface area contributed by atoms with E-state index in [9.17, 15) is 0 Å². The molecule has 0 saturated carbocycles. The normalized spacial score (nSPS) is 14.5. The number of nitrogens with one attached hydrogen (secondary N) is 1. The minimum Gasteiger partial charge on any atom is -0.344 e. The fraction of sp³-hybridized carbons (Fsp3) is 0.0196. The van der Waals surface area contributed by atoms with Gasteiger partial charge in [-0.25, -0.2) is 9.98 Å². The predicted octanol–water partition coefficient (Wildman–Crippen LogP) is 13.7. The van der Waals surface area contributed by atoms with E-state index >= 15 is 0 Å². The maximum absolute atomic E-state index is 5.26. The van der Waals surface area contributed by atoms with Gasteiger partial charge in [0.1, 0.15) is 12.0 Å². The molecular formula is C51H32N4S2. The molecule has 1 aliphatic rings. The van der Waals surface area contributed by atoms with Gasteiger partial charge in [-0.05, 0) is 53.6 Å². The Labute approximate surface area is 336 Å². The molecule has 4 nitrogen and oxygen atoms in total. The quantitative estimate of drug-likeness (QED) is 0.186. The molecule has 0 radical (unpaired) electrons. The zero-order valence-electron chi connectivity index (χ0n) is 30.6. The summed E-state index contributed by atoms with van der Waals surface area (Å²) in [7, 11) is 0. The Morgan fingerprint density at radius 1 is 0.474 bits per heavy atom. The van der Waals surface area contributed by atoms with E-state index < -0.39 is 0 Å². The molecule has 1 N–H and O–H groups in total. The van der Waals surface area contributed by atoms with Crippen molar-refractivity contribution in [1.29, 1.82) is 0 Å². The number of hydrogen-bond donors (Lipinski definition) is 1. The third kappa shape index (κ3) is 5.11. The Bertz CT molecular complexity index is 3390. The second kappa shape index (κ2) is 12.8. The van der Waals surface area contributed by atoms with Crippen molar-refractivity contribution in [3.8, 4) is 16.8 Å². The number of rotatable bonds is 5. The average molecular weight is 765 g/mol. The van der Waals surface area contributed by atoms with Crippen LogP contribution in [0.25, 0.3) is 79.0 Å². The van der Waals surface area contributed by atoms with E-state index in [-0.39, 0.29) is 6.17 Å². The van der Waals surface area contributed by atoms with Crippen LogP contribution in [0.3, 0.4) is 0 Å². The largest absolute Gasteiger partial charge is 0.344 e. The Morgan fingerprint density at radius 2 is 1.09 bits per heavy atom. The van der Waals surface area contributed by atoms with E-state index in [1.807, 2.05) is 34.8 Å². The molecule has 3 aromatic heterocycles. The van der Waals surface area contributed by atoms with E-state index in [0.29, 0.717) is 0 Å². The molecule has 268 valence electrons. The van der Waals surface area contributed by atoms with Gasteiger partial charge in [0.25, 0.3) is 0 Å². The van der Waals surface area contributed by atoms with Crippen LogP contribution < -0.4 is 5.32 Å². The molecule has 1 unspecified atom stereocenters. The highest BCUT2D eigenvalue weighted by molar-refractivity contribution is 7.27. The maximum Gasteiger partial charge on any atom is 0.160 e. The van der Waals surface area contributed by atoms with Gasteiger partial charge >= 0.3 is 0 Å². The van der Waals surface area contributed by atoms with Crippen molar-refractivity contribution in [1.82, 2.24) is 9.88 Å². The number of hydrogen-bond acceptors (Lipinski definition) is 5. The topological polar surface area (TPSA) is 41.7 Å². The molecule has 1 aliphatic heterocycles. The van der Waals surface area contributed by atoms with Crippen molar-refractivity contribution in [3.05, 3.63) is 199 Å². The number of fused-ring (bicyclic) bond motifs is 9. The van der Waals surface area contributed by atoms with Gasteiger partial charge in [0.15, 0.2) is 5.84 Å². The molecule has 4 heterocycles. The van der Waals surface area contributed by atoms with Crippen molar-refractivity contribution < 1.29 is 0 Å². The van der Waals surface area contributed by atoms with Crippen LogP contribution in [0.1, 0.15) is 22.9 Å². The van der Waals surface area contributed by atoms with Crippen molar-refractivity contribution in [2.45, 2.75) is 6.17 Å². The number of nitrogens with zero attached hydrogens (tertiary/aromatic N) is 3. The minimum absolute atomic E-state index is 0.258.